The summed E-state index contributed by atoms with van der Waals surface area (Å²) in [4.78, 5) is 30.0. The Hall–Kier alpha value is -2.81. The average molecular weight is 501 g/mol. The maximum atomic E-state index is 12.7. The summed E-state index contributed by atoms with van der Waals surface area (Å²) in [5.74, 6) is 0.675. The third-order valence-electron chi connectivity index (χ3n) is 4.83. The first-order valence-corrected chi connectivity index (χ1v) is 12.4. The number of ether oxygens (including phenoxy) is 1. The molecule has 0 fully saturated rings. The predicted molar refractivity (Wildman–Crippen MR) is 134 cm³/mol. The average Bonchev–Trinajstić information content (AvgIpc) is 3.39. The first-order chi connectivity index (χ1) is 15.9. The zero-order valence-corrected chi connectivity index (χ0v) is 20.6. The monoisotopic (exact) mass is 500 g/mol. The number of benzene rings is 1. The van der Waals surface area contributed by atoms with E-state index in [0.717, 1.165) is 27.3 Å². The fraction of sp³-hybridized carbons (Fsp3) is 0.208. The highest BCUT2D eigenvalue weighted by Crippen LogP contribution is 2.37. The Kier molecular flexibility index (Phi) is 7.07. The molecule has 0 aliphatic heterocycles. The lowest BCUT2D eigenvalue weighted by molar-refractivity contribution is -0.113. The van der Waals surface area contributed by atoms with Crippen molar-refractivity contribution in [2.24, 2.45) is 0 Å². The van der Waals surface area contributed by atoms with Crippen LogP contribution in [0.15, 0.2) is 51.2 Å². The molecule has 33 heavy (non-hydrogen) atoms. The number of amides is 1. The van der Waals surface area contributed by atoms with Crippen molar-refractivity contribution in [3.05, 3.63) is 63.7 Å². The van der Waals surface area contributed by atoms with E-state index in [1.54, 1.807) is 24.4 Å². The fourth-order valence-electron chi connectivity index (χ4n) is 3.33. The number of thiophene rings is 1. The molecule has 4 rings (SSSR count). The molecule has 0 aliphatic rings. The smallest absolute Gasteiger partial charge is 0.341 e. The molecule has 0 spiro atoms. The molecule has 1 aromatic carbocycles. The van der Waals surface area contributed by atoms with E-state index in [1.165, 1.54) is 23.1 Å². The van der Waals surface area contributed by atoms with E-state index in [1.807, 2.05) is 38.1 Å². The van der Waals surface area contributed by atoms with Crippen LogP contribution in [0.25, 0.3) is 22.2 Å². The largest absolute Gasteiger partial charge is 0.462 e. The third kappa shape index (κ3) is 5.24. The molecule has 0 aliphatic carbocycles. The highest BCUT2D eigenvalue weighted by Gasteiger charge is 2.24. The molecule has 0 saturated carbocycles. The molecule has 4 aromatic rings. The van der Waals surface area contributed by atoms with E-state index in [0.29, 0.717) is 26.9 Å². The Labute approximate surface area is 204 Å². The third-order valence-corrected chi connectivity index (χ3v) is 6.88. The number of aryl methyl sites for hydroxylation is 2. The summed E-state index contributed by atoms with van der Waals surface area (Å²) in [7, 11) is 0. The van der Waals surface area contributed by atoms with Crippen molar-refractivity contribution in [3.63, 3.8) is 0 Å². The van der Waals surface area contributed by atoms with Gasteiger partial charge in [0.25, 0.3) is 0 Å². The Balaban J connectivity index is 1.51. The van der Waals surface area contributed by atoms with Crippen LogP contribution in [0.2, 0.25) is 5.02 Å². The van der Waals surface area contributed by atoms with Crippen LogP contribution in [0, 0.1) is 13.8 Å². The van der Waals surface area contributed by atoms with Crippen molar-refractivity contribution in [2.75, 3.05) is 17.7 Å². The van der Waals surface area contributed by atoms with Crippen molar-refractivity contribution >= 4 is 62.5 Å². The molecule has 3 heterocycles. The van der Waals surface area contributed by atoms with Gasteiger partial charge >= 0.3 is 5.97 Å². The van der Waals surface area contributed by atoms with Gasteiger partial charge in [0.2, 0.25) is 5.91 Å². The van der Waals surface area contributed by atoms with Gasteiger partial charge in [0, 0.05) is 21.4 Å². The quantitative estimate of drug-likeness (QED) is 0.224. The molecule has 0 atom stereocenters. The first-order valence-electron chi connectivity index (χ1n) is 10.2. The first kappa shape index (κ1) is 23.4. The summed E-state index contributed by atoms with van der Waals surface area (Å²) in [5.41, 5.74) is 2.75. The number of carbonyl (C=O) groups is 2. The molecule has 170 valence electrons. The minimum atomic E-state index is -0.503. The molecule has 6 nitrogen and oxygen atoms in total. The zero-order chi connectivity index (χ0) is 23.5. The molecule has 9 heteroatoms. The number of rotatable bonds is 7. The standard InChI is InChI=1S/C24H21ClN2O4S2/c1-4-30-24(29)22-17(19-8-5-14(3)31-19)11-33-23(22)27-20(28)12-32-21-9-13(2)16-10-15(25)6-7-18(16)26-21/h5-11H,4,12H2,1-3H3,(H,27,28). The number of esters is 1. The maximum absolute atomic E-state index is 12.7. The van der Waals surface area contributed by atoms with Crippen LogP contribution in [0.1, 0.15) is 28.6 Å². The highest BCUT2D eigenvalue weighted by atomic mass is 35.5. The highest BCUT2D eigenvalue weighted by molar-refractivity contribution is 7.99. The second kappa shape index (κ2) is 9.99. The van der Waals surface area contributed by atoms with E-state index in [2.05, 4.69) is 10.3 Å². The topological polar surface area (TPSA) is 81.4 Å². The van der Waals surface area contributed by atoms with Crippen LogP contribution in [-0.4, -0.2) is 29.2 Å². The van der Waals surface area contributed by atoms with Crippen LogP contribution in [0.3, 0.4) is 0 Å². The molecular weight excluding hydrogens is 480 g/mol. The zero-order valence-electron chi connectivity index (χ0n) is 18.2. The summed E-state index contributed by atoms with van der Waals surface area (Å²) in [6.07, 6.45) is 0. The Morgan fingerprint density at radius 2 is 2.03 bits per heavy atom. The molecular formula is C24H21ClN2O4S2. The van der Waals surface area contributed by atoms with Crippen molar-refractivity contribution in [1.82, 2.24) is 4.98 Å². The number of pyridine rings is 1. The summed E-state index contributed by atoms with van der Waals surface area (Å²) < 4.78 is 10.9. The number of carbonyl (C=O) groups excluding carboxylic acids is 2. The Bertz CT molecular complexity index is 1350. The summed E-state index contributed by atoms with van der Waals surface area (Å²) in [6.45, 7) is 5.78. The Morgan fingerprint density at radius 3 is 2.76 bits per heavy atom. The Morgan fingerprint density at radius 1 is 1.21 bits per heavy atom. The van der Waals surface area contributed by atoms with Crippen LogP contribution in [0.5, 0.6) is 0 Å². The fourth-order valence-corrected chi connectivity index (χ4v) is 5.23. The number of hydrogen-bond donors (Lipinski definition) is 1. The van der Waals surface area contributed by atoms with Gasteiger partial charge < -0.3 is 14.5 Å². The summed E-state index contributed by atoms with van der Waals surface area (Å²) in [6, 6.07) is 11.1. The van der Waals surface area contributed by atoms with Crippen molar-refractivity contribution in [2.45, 2.75) is 25.8 Å². The lowest BCUT2D eigenvalue weighted by atomic mass is 10.1. The number of nitrogens with one attached hydrogen (secondary N) is 1. The van der Waals surface area contributed by atoms with Gasteiger partial charge in [-0.05, 0) is 62.7 Å². The van der Waals surface area contributed by atoms with Gasteiger partial charge in [-0.15, -0.1) is 11.3 Å². The number of fused-ring (bicyclic) bond motifs is 1. The molecule has 0 unspecified atom stereocenters. The van der Waals surface area contributed by atoms with Gasteiger partial charge in [0.1, 0.15) is 22.1 Å². The predicted octanol–water partition coefficient (Wildman–Crippen LogP) is 6.73. The normalized spacial score (nSPS) is 11.0. The minimum Gasteiger partial charge on any atom is -0.462 e. The van der Waals surface area contributed by atoms with Gasteiger partial charge in [-0.2, -0.15) is 0 Å². The van der Waals surface area contributed by atoms with E-state index in [9.17, 15) is 9.59 Å². The molecule has 0 saturated heterocycles. The minimum absolute atomic E-state index is 0.140. The van der Waals surface area contributed by atoms with Crippen molar-refractivity contribution in [3.8, 4) is 11.3 Å². The lowest BCUT2D eigenvalue weighted by Crippen LogP contribution is -2.16. The molecule has 0 radical (unpaired) electrons. The molecule has 1 N–H and O–H groups in total. The number of nitrogens with zero attached hydrogens (tertiary/aromatic N) is 1. The van der Waals surface area contributed by atoms with E-state index >= 15 is 0 Å². The van der Waals surface area contributed by atoms with Crippen molar-refractivity contribution in [1.29, 1.82) is 0 Å². The van der Waals surface area contributed by atoms with E-state index < -0.39 is 5.97 Å². The van der Waals surface area contributed by atoms with Crippen LogP contribution < -0.4 is 5.32 Å². The lowest BCUT2D eigenvalue weighted by Gasteiger charge is -2.09. The van der Waals surface area contributed by atoms with Gasteiger partial charge in [0.15, 0.2) is 0 Å². The molecule has 0 bridgehead atoms. The van der Waals surface area contributed by atoms with E-state index in [-0.39, 0.29) is 18.3 Å². The maximum Gasteiger partial charge on any atom is 0.341 e. The number of halogens is 1. The van der Waals surface area contributed by atoms with Gasteiger partial charge in [-0.3, -0.25) is 4.79 Å². The van der Waals surface area contributed by atoms with Crippen LogP contribution in [-0.2, 0) is 9.53 Å². The van der Waals surface area contributed by atoms with Crippen molar-refractivity contribution < 1.29 is 18.7 Å². The van der Waals surface area contributed by atoms with Gasteiger partial charge in [-0.25, -0.2) is 9.78 Å². The number of thioether (sulfide) groups is 1. The molecule has 3 aromatic heterocycles. The van der Waals surface area contributed by atoms with Gasteiger partial charge in [-0.1, -0.05) is 23.4 Å². The summed E-state index contributed by atoms with van der Waals surface area (Å²) in [5, 5.41) is 7.44. The number of furan rings is 1. The van der Waals surface area contributed by atoms with E-state index in [4.69, 9.17) is 20.8 Å². The van der Waals surface area contributed by atoms with Crippen LogP contribution in [0.4, 0.5) is 5.00 Å². The SMILES string of the molecule is CCOC(=O)c1c(-c2ccc(C)o2)csc1NC(=O)CSc1cc(C)c2cc(Cl)ccc2n1. The second-order valence-corrected chi connectivity index (χ2v) is 9.57. The number of aromatic nitrogens is 1. The number of anilines is 1. The van der Waals surface area contributed by atoms with Gasteiger partial charge in [0.05, 0.1) is 22.9 Å². The van der Waals surface area contributed by atoms with Crippen LogP contribution >= 0.6 is 34.7 Å². The summed E-state index contributed by atoms with van der Waals surface area (Å²) >= 11 is 8.67. The number of hydrogen-bond acceptors (Lipinski definition) is 7. The second-order valence-electron chi connectivity index (χ2n) is 7.26. The molecule has 1 amide bonds.